The van der Waals surface area contributed by atoms with Crippen molar-refractivity contribution in [2.75, 3.05) is 24.3 Å². The summed E-state index contributed by atoms with van der Waals surface area (Å²) >= 11 is 0. The van der Waals surface area contributed by atoms with Crippen molar-refractivity contribution in [2.24, 2.45) is 0 Å². The molecule has 34 heavy (non-hydrogen) atoms. The van der Waals surface area contributed by atoms with Gasteiger partial charge in [-0.3, -0.25) is 4.79 Å². The molecule has 0 radical (unpaired) electrons. The number of fused-ring (bicyclic) bond motifs is 1. The SMILES string of the molecule is CCc1ccc(C2CC(C(F)(F)F)n3ncc(C(=O)NCc4ccc(N(C)C)cc4)c3N2)cc1. The molecule has 2 N–H and O–H groups in total. The molecule has 0 saturated heterocycles. The molecular formula is C25H28F3N5O. The van der Waals surface area contributed by atoms with E-state index in [2.05, 4.69) is 15.7 Å². The molecule has 2 heterocycles. The van der Waals surface area contributed by atoms with Crippen LogP contribution in [0.25, 0.3) is 0 Å². The van der Waals surface area contributed by atoms with Crippen LogP contribution in [-0.2, 0) is 13.0 Å². The maximum absolute atomic E-state index is 13.9. The number of anilines is 2. The smallest absolute Gasteiger partial charge is 0.378 e. The van der Waals surface area contributed by atoms with Crippen LogP contribution in [0, 0.1) is 0 Å². The molecule has 180 valence electrons. The van der Waals surface area contributed by atoms with Gasteiger partial charge in [0.15, 0.2) is 6.04 Å². The fraction of sp³-hybridized carbons (Fsp3) is 0.360. The van der Waals surface area contributed by atoms with E-state index in [4.69, 9.17) is 0 Å². The van der Waals surface area contributed by atoms with Gasteiger partial charge in [0.25, 0.3) is 5.91 Å². The fourth-order valence-corrected chi connectivity index (χ4v) is 4.12. The first-order chi connectivity index (χ1) is 16.2. The number of carbonyl (C=O) groups excluding carboxylic acids is 1. The van der Waals surface area contributed by atoms with Gasteiger partial charge in [0.05, 0.1) is 12.2 Å². The number of aromatic nitrogens is 2. The van der Waals surface area contributed by atoms with Crippen LogP contribution in [0.15, 0.2) is 54.7 Å². The van der Waals surface area contributed by atoms with Gasteiger partial charge in [-0.2, -0.15) is 18.3 Å². The Bertz CT molecular complexity index is 1140. The minimum atomic E-state index is -4.49. The minimum Gasteiger partial charge on any atom is -0.378 e. The standard InChI is InChI=1S/C25H28F3N5O/c1-4-16-5-9-18(10-6-16)21-13-22(25(26,27)28)33-23(31-21)20(15-30-33)24(34)29-14-17-7-11-19(12-8-17)32(2)3/h5-12,15,21-22,31H,4,13-14H2,1-3H3,(H,29,34). The van der Waals surface area contributed by atoms with Gasteiger partial charge in [-0.15, -0.1) is 0 Å². The van der Waals surface area contributed by atoms with E-state index in [9.17, 15) is 18.0 Å². The molecule has 9 heteroatoms. The molecule has 0 fully saturated rings. The third kappa shape index (κ3) is 4.88. The summed E-state index contributed by atoms with van der Waals surface area (Å²) in [6.45, 7) is 2.27. The van der Waals surface area contributed by atoms with Crippen molar-refractivity contribution in [1.82, 2.24) is 15.1 Å². The summed E-state index contributed by atoms with van der Waals surface area (Å²) in [5.74, 6) is -0.396. The van der Waals surface area contributed by atoms with E-state index in [-0.39, 0.29) is 24.3 Å². The summed E-state index contributed by atoms with van der Waals surface area (Å²) in [4.78, 5) is 14.9. The Hall–Kier alpha value is -3.49. The van der Waals surface area contributed by atoms with Crippen LogP contribution < -0.4 is 15.5 Å². The second-order valence-electron chi connectivity index (χ2n) is 8.68. The second kappa shape index (κ2) is 9.40. The first-order valence-electron chi connectivity index (χ1n) is 11.2. The number of hydrogen-bond acceptors (Lipinski definition) is 4. The summed E-state index contributed by atoms with van der Waals surface area (Å²) in [6.07, 6.45) is -2.65. The van der Waals surface area contributed by atoms with E-state index in [1.54, 1.807) is 0 Å². The molecule has 3 aromatic rings. The molecule has 1 aromatic heterocycles. The van der Waals surface area contributed by atoms with E-state index < -0.39 is 24.2 Å². The van der Waals surface area contributed by atoms with Crippen molar-refractivity contribution in [3.8, 4) is 0 Å². The van der Waals surface area contributed by atoms with Gasteiger partial charge in [-0.25, -0.2) is 4.68 Å². The van der Waals surface area contributed by atoms with Crippen LogP contribution in [0.1, 0.15) is 52.5 Å². The zero-order chi connectivity index (χ0) is 24.5. The average molecular weight is 472 g/mol. The number of rotatable bonds is 6. The molecule has 4 rings (SSSR count). The van der Waals surface area contributed by atoms with Gasteiger partial charge in [-0.1, -0.05) is 43.3 Å². The number of hydrogen-bond donors (Lipinski definition) is 2. The number of carbonyl (C=O) groups is 1. The Morgan fingerprint density at radius 1 is 1.12 bits per heavy atom. The summed E-state index contributed by atoms with van der Waals surface area (Å²) in [6, 6.07) is 12.8. The molecule has 1 aliphatic rings. The highest BCUT2D eigenvalue weighted by Gasteiger charge is 2.47. The number of halogens is 3. The number of amides is 1. The molecule has 0 saturated carbocycles. The normalized spacial score (nSPS) is 17.6. The summed E-state index contributed by atoms with van der Waals surface area (Å²) in [5.41, 5.74) is 3.85. The maximum atomic E-state index is 13.9. The van der Waals surface area contributed by atoms with Crippen molar-refractivity contribution in [2.45, 2.75) is 44.6 Å². The molecule has 2 aromatic carbocycles. The largest absolute Gasteiger partial charge is 0.410 e. The van der Waals surface area contributed by atoms with E-state index in [0.29, 0.717) is 0 Å². The van der Waals surface area contributed by atoms with E-state index in [1.165, 1.54) is 6.20 Å². The summed E-state index contributed by atoms with van der Waals surface area (Å²) in [5, 5.41) is 9.87. The lowest BCUT2D eigenvalue weighted by molar-refractivity contribution is -0.173. The van der Waals surface area contributed by atoms with Crippen LogP contribution in [0.5, 0.6) is 0 Å². The van der Waals surface area contributed by atoms with E-state index in [0.717, 1.165) is 33.5 Å². The Labute approximate surface area is 196 Å². The van der Waals surface area contributed by atoms with Gasteiger partial charge >= 0.3 is 6.18 Å². The molecule has 1 amide bonds. The molecule has 6 nitrogen and oxygen atoms in total. The zero-order valence-corrected chi connectivity index (χ0v) is 19.4. The number of alkyl halides is 3. The van der Waals surface area contributed by atoms with Crippen molar-refractivity contribution >= 4 is 17.4 Å². The molecule has 0 spiro atoms. The van der Waals surface area contributed by atoms with Crippen LogP contribution in [-0.4, -0.2) is 36.0 Å². The highest BCUT2D eigenvalue weighted by Crippen LogP contribution is 2.44. The molecule has 1 aliphatic heterocycles. The second-order valence-corrected chi connectivity index (χ2v) is 8.68. The molecular weight excluding hydrogens is 443 g/mol. The van der Waals surface area contributed by atoms with Crippen LogP contribution in [0.4, 0.5) is 24.7 Å². The predicted octanol–water partition coefficient (Wildman–Crippen LogP) is 5.10. The maximum Gasteiger partial charge on any atom is 0.410 e. The average Bonchev–Trinajstić information content (AvgIpc) is 3.25. The van der Waals surface area contributed by atoms with Gasteiger partial charge < -0.3 is 15.5 Å². The monoisotopic (exact) mass is 471 g/mol. The topological polar surface area (TPSA) is 62.2 Å². The van der Waals surface area contributed by atoms with Crippen molar-refractivity contribution in [3.63, 3.8) is 0 Å². The number of nitrogens with one attached hydrogen (secondary N) is 2. The third-order valence-electron chi connectivity index (χ3n) is 6.18. The highest BCUT2D eigenvalue weighted by molar-refractivity contribution is 5.98. The lowest BCUT2D eigenvalue weighted by atomic mass is 9.95. The zero-order valence-electron chi connectivity index (χ0n) is 19.4. The number of benzene rings is 2. The van der Waals surface area contributed by atoms with Crippen LogP contribution in [0.3, 0.4) is 0 Å². The van der Waals surface area contributed by atoms with Gasteiger partial charge in [-0.05, 0) is 35.2 Å². The van der Waals surface area contributed by atoms with Gasteiger partial charge in [0.1, 0.15) is 11.4 Å². The number of nitrogens with zero attached hydrogens (tertiary/aromatic N) is 3. The van der Waals surface area contributed by atoms with Gasteiger partial charge in [0.2, 0.25) is 0 Å². The minimum absolute atomic E-state index is 0.0820. The summed E-state index contributed by atoms with van der Waals surface area (Å²) < 4.78 is 42.6. The predicted molar refractivity (Wildman–Crippen MR) is 126 cm³/mol. The molecule has 2 unspecified atom stereocenters. The number of aryl methyl sites for hydroxylation is 1. The first kappa shape index (κ1) is 23.7. The summed E-state index contributed by atoms with van der Waals surface area (Å²) in [7, 11) is 3.87. The van der Waals surface area contributed by atoms with Crippen molar-refractivity contribution < 1.29 is 18.0 Å². The Morgan fingerprint density at radius 3 is 2.35 bits per heavy atom. The lowest BCUT2D eigenvalue weighted by Crippen LogP contribution is -2.36. The Morgan fingerprint density at radius 2 is 1.76 bits per heavy atom. The quantitative estimate of drug-likeness (QED) is 0.525. The fourth-order valence-electron chi connectivity index (χ4n) is 4.12. The first-order valence-corrected chi connectivity index (χ1v) is 11.2. The molecule has 2 atom stereocenters. The van der Waals surface area contributed by atoms with E-state index >= 15 is 0 Å². The van der Waals surface area contributed by atoms with E-state index in [1.807, 2.05) is 74.4 Å². The van der Waals surface area contributed by atoms with Gasteiger partial charge in [0, 0.05) is 32.7 Å². The molecule has 0 aliphatic carbocycles. The molecule has 0 bridgehead atoms. The lowest BCUT2D eigenvalue weighted by Gasteiger charge is -2.34. The Balaban J connectivity index is 1.56. The van der Waals surface area contributed by atoms with Crippen molar-refractivity contribution in [3.05, 3.63) is 77.0 Å². The third-order valence-corrected chi connectivity index (χ3v) is 6.18. The Kier molecular flexibility index (Phi) is 6.54. The van der Waals surface area contributed by atoms with Crippen molar-refractivity contribution in [1.29, 1.82) is 0 Å². The van der Waals surface area contributed by atoms with Crippen LogP contribution in [0.2, 0.25) is 0 Å². The highest BCUT2D eigenvalue weighted by atomic mass is 19.4. The van der Waals surface area contributed by atoms with Crippen LogP contribution >= 0.6 is 0 Å².